The largest absolute Gasteiger partial charge is 0.297 e. The summed E-state index contributed by atoms with van der Waals surface area (Å²) in [5.41, 5.74) is 0.916. The summed E-state index contributed by atoms with van der Waals surface area (Å²) in [7, 11) is 0. The average Bonchev–Trinajstić information content (AvgIpc) is 3.04. The van der Waals surface area contributed by atoms with Gasteiger partial charge in [-0.3, -0.25) is 10.1 Å². The normalized spacial score (nSPS) is 10.8. The molecule has 3 rings (SSSR count). The van der Waals surface area contributed by atoms with Gasteiger partial charge in [0, 0.05) is 0 Å². The van der Waals surface area contributed by atoms with E-state index >= 15 is 0 Å². The molecule has 2 aromatic heterocycles. The highest BCUT2D eigenvalue weighted by molar-refractivity contribution is 8.00. The highest BCUT2D eigenvalue weighted by atomic mass is 32.2. The van der Waals surface area contributed by atoms with Gasteiger partial charge in [-0.25, -0.2) is 4.98 Å². The van der Waals surface area contributed by atoms with Crippen LogP contribution in [0.4, 0.5) is 5.13 Å². The Labute approximate surface area is 122 Å². The number of rotatable bonds is 3. The van der Waals surface area contributed by atoms with Crippen LogP contribution in [-0.4, -0.2) is 17.1 Å². The maximum Gasteiger partial charge on any atom is 0.267 e. The Kier molecular flexibility index (Phi) is 3.54. The fourth-order valence-corrected chi connectivity index (χ4v) is 3.94. The molecule has 0 atom stereocenters. The molecular formula is C13H10N2OS3. The summed E-state index contributed by atoms with van der Waals surface area (Å²) in [5.74, 6) is -0.0932. The van der Waals surface area contributed by atoms with E-state index in [-0.39, 0.29) is 5.91 Å². The SMILES string of the molecule is CSc1ccc(C(=O)Nc2nc3ccccc3s2)s1. The molecule has 2 heterocycles. The monoisotopic (exact) mass is 306 g/mol. The Morgan fingerprint density at radius 3 is 2.79 bits per heavy atom. The lowest BCUT2D eigenvalue weighted by molar-refractivity contribution is 0.103. The Hall–Kier alpha value is -1.37. The van der Waals surface area contributed by atoms with Crippen LogP contribution in [0.2, 0.25) is 0 Å². The van der Waals surface area contributed by atoms with Gasteiger partial charge in [0.2, 0.25) is 0 Å². The second-order valence-corrected chi connectivity index (χ2v) is 6.98. The van der Waals surface area contributed by atoms with Crippen molar-refractivity contribution in [3.05, 3.63) is 41.3 Å². The van der Waals surface area contributed by atoms with Crippen LogP contribution in [0.5, 0.6) is 0 Å². The van der Waals surface area contributed by atoms with E-state index in [0.717, 1.165) is 14.4 Å². The molecule has 6 heteroatoms. The van der Waals surface area contributed by atoms with Crippen molar-refractivity contribution in [1.82, 2.24) is 4.98 Å². The summed E-state index contributed by atoms with van der Waals surface area (Å²) in [6, 6.07) is 11.7. The Balaban J connectivity index is 1.82. The molecule has 0 aliphatic carbocycles. The molecule has 1 N–H and O–H groups in total. The van der Waals surface area contributed by atoms with Gasteiger partial charge in [0.25, 0.3) is 5.91 Å². The number of nitrogens with zero attached hydrogens (tertiary/aromatic N) is 1. The zero-order chi connectivity index (χ0) is 13.2. The molecule has 1 aromatic carbocycles. The van der Waals surface area contributed by atoms with Crippen molar-refractivity contribution in [2.75, 3.05) is 11.6 Å². The van der Waals surface area contributed by atoms with E-state index in [0.29, 0.717) is 10.0 Å². The zero-order valence-electron chi connectivity index (χ0n) is 10.0. The van der Waals surface area contributed by atoms with Crippen LogP contribution in [0.15, 0.2) is 40.6 Å². The van der Waals surface area contributed by atoms with Crippen LogP contribution in [0.3, 0.4) is 0 Å². The smallest absolute Gasteiger partial charge is 0.267 e. The predicted octanol–water partition coefficient (Wildman–Crippen LogP) is 4.33. The first-order valence-electron chi connectivity index (χ1n) is 5.57. The average molecular weight is 306 g/mol. The third-order valence-electron chi connectivity index (χ3n) is 2.52. The van der Waals surface area contributed by atoms with Crippen LogP contribution in [0.25, 0.3) is 10.2 Å². The lowest BCUT2D eigenvalue weighted by atomic mass is 10.3. The van der Waals surface area contributed by atoms with Crippen molar-refractivity contribution in [2.45, 2.75) is 4.21 Å². The second-order valence-electron chi connectivity index (χ2n) is 3.76. The van der Waals surface area contributed by atoms with Crippen LogP contribution >= 0.6 is 34.4 Å². The minimum absolute atomic E-state index is 0.0932. The van der Waals surface area contributed by atoms with Crippen molar-refractivity contribution in [1.29, 1.82) is 0 Å². The Morgan fingerprint density at radius 2 is 2.05 bits per heavy atom. The van der Waals surface area contributed by atoms with Gasteiger partial charge in [-0.1, -0.05) is 23.5 Å². The molecule has 0 saturated carbocycles. The van der Waals surface area contributed by atoms with Gasteiger partial charge < -0.3 is 0 Å². The summed E-state index contributed by atoms with van der Waals surface area (Å²) < 4.78 is 2.21. The highest BCUT2D eigenvalue weighted by Crippen LogP contribution is 2.28. The lowest BCUT2D eigenvalue weighted by Gasteiger charge is -1.97. The Bertz CT molecular complexity index is 699. The van der Waals surface area contributed by atoms with E-state index in [1.54, 1.807) is 11.8 Å². The van der Waals surface area contributed by atoms with Crippen LogP contribution in [-0.2, 0) is 0 Å². The van der Waals surface area contributed by atoms with Gasteiger partial charge >= 0.3 is 0 Å². The second kappa shape index (κ2) is 5.32. The number of hydrogen-bond donors (Lipinski definition) is 1. The zero-order valence-corrected chi connectivity index (χ0v) is 12.5. The summed E-state index contributed by atoms with van der Waals surface area (Å²) in [5, 5.41) is 3.50. The lowest BCUT2D eigenvalue weighted by Crippen LogP contribution is -2.09. The first-order valence-corrected chi connectivity index (χ1v) is 8.43. The minimum atomic E-state index is -0.0932. The molecule has 19 heavy (non-hydrogen) atoms. The molecule has 3 aromatic rings. The van der Waals surface area contributed by atoms with Gasteiger partial charge in [-0.05, 0) is 30.5 Å². The summed E-state index contributed by atoms with van der Waals surface area (Å²) >= 11 is 4.63. The quantitative estimate of drug-likeness (QED) is 0.732. The van der Waals surface area contributed by atoms with E-state index in [4.69, 9.17) is 0 Å². The molecule has 0 fully saturated rings. The van der Waals surface area contributed by atoms with Crippen molar-refractivity contribution < 1.29 is 4.79 Å². The molecule has 96 valence electrons. The third-order valence-corrected chi connectivity index (χ3v) is 5.64. The topological polar surface area (TPSA) is 42.0 Å². The number of para-hydroxylation sites is 1. The van der Waals surface area contributed by atoms with Gasteiger partial charge in [0.05, 0.1) is 19.3 Å². The number of anilines is 1. The minimum Gasteiger partial charge on any atom is -0.297 e. The standard InChI is InChI=1S/C13H10N2OS3/c1-17-11-7-6-10(18-11)12(16)15-13-14-8-4-2-3-5-9(8)19-13/h2-7H,1H3,(H,14,15,16). The van der Waals surface area contributed by atoms with E-state index < -0.39 is 0 Å². The fraction of sp³-hybridized carbons (Fsp3) is 0.0769. The predicted molar refractivity (Wildman–Crippen MR) is 83.7 cm³/mol. The first-order chi connectivity index (χ1) is 9.26. The number of amides is 1. The molecule has 0 saturated heterocycles. The summed E-state index contributed by atoms with van der Waals surface area (Å²) in [6.45, 7) is 0. The highest BCUT2D eigenvalue weighted by Gasteiger charge is 2.11. The Morgan fingerprint density at radius 1 is 1.21 bits per heavy atom. The van der Waals surface area contributed by atoms with Crippen molar-refractivity contribution >= 4 is 55.7 Å². The number of carbonyl (C=O) groups excluding carboxylic acids is 1. The van der Waals surface area contributed by atoms with E-state index in [1.807, 2.05) is 42.7 Å². The van der Waals surface area contributed by atoms with Crippen LogP contribution < -0.4 is 5.32 Å². The number of benzene rings is 1. The number of thiophene rings is 1. The maximum atomic E-state index is 12.1. The number of aromatic nitrogens is 1. The molecule has 1 amide bonds. The summed E-state index contributed by atoms with van der Waals surface area (Å²) in [6.07, 6.45) is 2.00. The van der Waals surface area contributed by atoms with Crippen LogP contribution in [0, 0.1) is 0 Å². The maximum absolute atomic E-state index is 12.1. The first kappa shape index (κ1) is 12.7. The molecule has 0 radical (unpaired) electrons. The number of carbonyl (C=O) groups is 1. The molecule has 0 unspecified atom stereocenters. The third kappa shape index (κ3) is 2.65. The molecule has 0 aliphatic heterocycles. The number of nitrogens with one attached hydrogen (secondary N) is 1. The van der Waals surface area contributed by atoms with E-state index in [1.165, 1.54) is 22.7 Å². The molecule has 0 aliphatic rings. The molecule has 0 spiro atoms. The van der Waals surface area contributed by atoms with Crippen molar-refractivity contribution in [3.8, 4) is 0 Å². The van der Waals surface area contributed by atoms with Gasteiger partial charge in [0.1, 0.15) is 0 Å². The van der Waals surface area contributed by atoms with Crippen molar-refractivity contribution in [3.63, 3.8) is 0 Å². The van der Waals surface area contributed by atoms with Crippen LogP contribution in [0.1, 0.15) is 9.67 Å². The van der Waals surface area contributed by atoms with Gasteiger partial charge in [-0.15, -0.1) is 23.1 Å². The van der Waals surface area contributed by atoms with Gasteiger partial charge in [0.15, 0.2) is 5.13 Å². The number of thiazole rings is 1. The fourth-order valence-electron chi connectivity index (χ4n) is 1.64. The van der Waals surface area contributed by atoms with E-state index in [2.05, 4.69) is 10.3 Å². The summed E-state index contributed by atoms with van der Waals surface area (Å²) in [4.78, 5) is 17.2. The number of hydrogen-bond acceptors (Lipinski definition) is 5. The number of fused-ring (bicyclic) bond motifs is 1. The number of thioether (sulfide) groups is 1. The molecule has 3 nitrogen and oxygen atoms in total. The molecular weight excluding hydrogens is 296 g/mol. The van der Waals surface area contributed by atoms with Gasteiger partial charge in [-0.2, -0.15) is 0 Å². The van der Waals surface area contributed by atoms with Crippen molar-refractivity contribution in [2.24, 2.45) is 0 Å². The molecule has 0 bridgehead atoms. The van der Waals surface area contributed by atoms with E-state index in [9.17, 15) is 4.79 Å².